The van der Waals surface area contributed by atoms with Crippen molar-refractivity contribution in [2.45, 2.75) is 58.2 Å². The highest BCUT2D eigenvalue weighted by atomic mass is 127. The molecular weight excluding hydrogens is 437 g/mol. The van der Waals surface area contributed by atoms with Crippen molar-refractivity contribution >= 4 is 28.7 Å². The van der Waals surface area contributed by atoms with E-state index >= 15 is 0 Å². The fraction of sp³-hybridized carbons (Fsp3) is 0.765. The van der Waals surface area contributed by atoms with Gasteiger partial charge in [-0.25, -0.2) is 9.78 Å². The summed E-state index contributed by atoms with van der Waals surface area (Å²) >= 11 is 2.19. The molecule has 2 atom stereocenters. The number of hydrogen-bond donors (Lipinski definition) is 1. The smallest absolute Gasteiger partial charge is 0.411 e. The lowest BCUT2D eigenvalue weighted by molar-refractivity contribution is -0.0334. The van der Waals surface area contributed by atoms with E-state index in [0.29, 0.717) is 0 Å². The first-order valence-electron chi connectivity index (χ1n) is 8.65. The van der Waals surface area contributed by atoms with Crippen LogP contribution in [0, 0.1) is 3.70 Å². The van der Waals surface area contributed by atoms with Gasteiger partial charge in [0.25, 0.3) is 0 Å². The van der Waals surface area contributed by atoms with E-state index < -0.39 is 5.60 Å². The number of halogens is 1. The largest absolute Gasteiger partial charge is 0.444 e. The molecule has 2 aliphatic heterocycles. The van der Waals surface area contributed by atoms with Gasteiger partial charge in [-0.2, -0.15) is 0 Å². The highest BCUT2D eigenvalue weighted by Crippen LogP contribution is 2.35. The molecule has 0 unspecified atom stereocenters. The predicted octanol–water partition coefficient (Wildman–Crippen LogP) is 3.51. The standard InChI is InChI=1S/C13H20IN3O2.C4H8O2/c1-8-5-6-9(11-15-7-10(14)16-11)17(8)12(18)19-13(2,3)4;1-2-6-4-3-5-1/h7-9H,5-6H2,1-4H3,(H,15,16);1-4H2/t8-,9-;/m0./s1. The molecule has 0 aliphatic carbocycles. The fourth-order valence-corrected chi connectivity index (χ4v) is 3.21. The van der Waals surface area contributed by atoms with Gasteiger partial charge in [0, 0.05) is 6.04 Å². The lowest BCUT2D eigenvalue weighted by Gasteiger charge is -2.30. The Bertz CT molecular complexity index is 543. The van der Waals surface area contributed by atoms with E-state index in [4.69, 9.17) is 14.2 Å². The summed E-state index contributed by atoms with van der Waals surface area (Å²) in [4.78, 5) is 21.7. The number of aromatic amines is 1. The van der Waals surface area contributed by atoms with Crippen LogP contribution in [0.4, 0.5) is 4.79 Å². The lowest BCUT2D eigenvalue weighted by atomic mass is 10.2. The summed E-state index contributed by atoms with van der Waals surface area (Å²) < 4.78 is 16.4. The number of amides is 1. The molecule has 7 nitrogen and oxygen atoms in total. The van der Waals surface area contributed by atoms with Crippen LogP contribution in [0.2, 0.25) is 0 Å². The molecule has 2 fully saturated rings. The number of nitrogens with one attached hydrogen (secondary N) is 1. The van der Waals surface area contributed by atoms with Gasteiger partial charge < -0.3 is 19.2 Å². The maximum Gasteiger partial charge on any atom is 0.411 e. The zero-order valence-corrected chi connectivity index (χ0v) is 17.5. The zero-order valence-electron chi connectivity index (χ0n) is 15.4. The third kappa shape index (κ3) is 6.41. The molecule has 0 spiro atoms. The first-order valence-corrected chi connectivity index (χ1v) is 9.73. The van der Waals surface area contributed by atoms with E-state index in [1.165, 1.54) is 0 Å². The number of carbonyl (C=O) groups is 1. The number of carbonyl (C=O) groups excluding carboxylic acids is 1. The highest BCUT2D eigenvalue weighted by molar-refractivity contribution is 14.1. The van der Waals surface area contributed by atoms with Crippen LogP contribution in [0.1, 0.15) is 52.4 Å². The van der Waals surface area contributed by atoms with Gasteiger partial charge in [0.1, 0.15) is 11.4 Å². The third-order valence-corrected chi connectivity index (χ3v) is 4.45. The summed E-state index contributed by atoms with van der Waals surface area (Å²) in [5.41, 5.74) is -0.471. The molecule has 8 heteroatoms. The second-order valence-electron chi connectivity index (χ2n) is 7.17. The Labute approximate surface area is 162 Å². The zero-order chi connectivity index (χ0) is 18.4. The van der Waals surface area contributed by atoms with E-state index in [0.717, 1.165) is 48.8 Å². The molecule has 1 aromatic heterocycles. The monoisotopic (exact) mass is 465 g/mol. The van der Waals surface area contributed by atoms with Gasteiger partial charge in [-0.05, 0) is 63.1 Å². The minimum absolute atomic E-state index is 0.00614. The molecular formula is C17H28IN3O4. The van der Waals surface area contributed by atoms with Crippen LogP contribution < -0.4 is 0 Å². The summed E-state index contributed by atoms with van der Waals surface area (Å²) in [6.07, 6.45) is 3.42. The molecule has 2 aliphatic rings. The number of nitrogens with zero attached hydrogens (tertiary/aromatic N) is 2. The minimum Gasteiger partial charge on any atom is -0.444 e. The number of likely N-dealkylation sites (tertiary alicyclic amines) is 1. The van der Waals surface area contributed by atoms with Crippen LogP contribution in [0.5, 0.6) is 0 Å². The highest BCUT2D eigenvalue weighted by Gasteiger charge is 2.39. The van der Waals surface area contributed by atoms with Crippen LogP contribution in [0.3, 0.4) is 0 Å². The summed E-state index contributed by atoms with van der Waals surface area (Å²) in [5.74, 6) is 0.847. The first kappa shape index (κ1) is 20.4. The van der Waals surface area contributed by atoms with E-state index in [-0.39, 0.29) is 18.2 Å². The topological polar surface area (TPSA) is 76.7 Å². The second kappa shape index (κ2) is 9.18. The number of hydrogen-bond acceptors (Lipinski definition) is 5. The Morgan fingerprint density at radius 2 is 1.88 bits per heavy atom. The Hall–Kier alpha value is -0.870. The van der Waals surface area contributed by atoms with Crippen molar-refractivity contribution in [3.8, 4) is 0 Å². The van der Waals surface area contributed by atoms with Crippen LogP contribution in [-0.2, 0) is 14.2 Å². The maximum absolute atomic E-state index is 12.3. The average molecular weight is 465 g/mol. The van der Waals surface area contributed by atoms with Crippen molar-refractivity contribution in [1.29, 1.82) is 0 Å². The Morgan fingerprint density at radius 1 is 1.28 bits per heavy atom. The molecule has 25 heavy (non-hydrogen) atoms. The van der Waals surface area contributed by atoms with Crippen molar-refractivity contribution < 1.29 is 19.0 Å². The molecule has 2 saturated heterocycles. The minimum atomic E-state index is -0.471. The molecule has 0 saturated carbocycles. The van der Waals surface area contributed by atoms with E-state index in [1.54, 1.807) is 11.1 Å². The van der Waals surface area contributed by atoms with Crippen LogP contribution in [0.15, 0.2) is 6.20 Å². The van der Waals surface area contributed by atoms with E-state index in [9.17, 15) is 4.79 Å². The summed E-state index contributed by atoms with van der Waals surface area (Å²) in [6, 6.07) is 0.177. The van der Waals surface area contributed by atoms with Gasteiger partial charge >= 0.3 is 6.09 Å². The molecule has 3 heterocycles. The van der Waals surface area contributed by atoms with Crippen molar-refractivity contribution in [3.05, 3.63) is 15.7 Å². The van der Waals surface area contributed by atoms with Crippen molar-refractivity contribution in [2.75, 3.05) is 26.4 Å². The summed E-state index contributed by atoms with van der Waals surface area (Å²) in [5, 5.41) is 0. The predicted molar refractivity (Wildman–Crippen MR) is 102 cm³/mol. The van der Waals surface area contributed by atoms with Gasteiger partial charge in [-0.15, -0.1) is 0 Å². The van der Waals surface area contributed by atoms with Gasteiger partial charge in [-0.1, -0.05) is 0 Å². The summed E-state index contributed by atoms with van der Waals surface area (Å²) in [7, 11) is 0. The SMILES string of the molecule is C1COCCO1.C[C@H]1CC[C@@H](c2ncc(I)[nH]2)N1C(=O)OC(C)(C)C. The molecule has 1 aromatic rings. The Kier molecular flexibility index (Phi) is 7.51. The third-order valence-electron chi connectivity index (χ3n) is 3.90. The number of rotatable bonds is 1. The second-order valence-corrected chi connectivity index (χ2v) is 8.33. The van der Waals surface area contributed by atoms with Crippen LogP contribution in [0.25, 0.3) is 0 Å². The normalized spacial score (nSPS) is 23.8. The molecule has 0 aromatic carbocycles. The number of aromatic nitrogens is 2. The van der Waals surface area contributed by atoms with Gasteiger partial charge in [0.2, 0.25) is 0 Å². The van der Waals surface area contributed by atoms with E-state index in [2.05, 4.69) is 39.5 Å². The molecule has 142 valence electrons. The summed E-state index contributed by atoms with van der Waals surface area (Å²) in [6.45, 7) is 10.8. The Balaban J connectivity index is 0.000000316. The quantitative estimate of drug-likeness (QED) is 0.643. The Morgan fingerprint density at radius 3 is 2.32 bits per heavy atom. The molecule has 3 rings (SSSR count). The van der Waals surface area contributed by atoms with Gasteiger partial charge in [0.15, 0.2) is 0 Å². The number of ether oxygens (including phenoxy) is 3. The van der Waals surface area contributed by atoms with Gasteiger partial charge in [0.05, 0.1) is 42.4 Å². The maximum atomic E-state index is 12.3. The van der Waals surface area contributed by atoms with Gasteiger partial charge in [-0.3, -0.25) is 4.90 Å². The van der Waals surface area contributed by atoms with Crippen LogP contribution in [-0.4, -0.2) is 59.0 Å². The van der Waals surface area contributed by atoms with Crippen LogP contribution >= 0.6 is 22.6 Å². The number of imidazole rings is 1. The lowest BCUT2D eigenvalue weighted by Crippen LogP contribution is -2.40. The van der Waals surface area contributed by atoms with Crippen molar-refractivity contribution in [1.82, 2.24) is 14.9 Å². The van der Waals surface area contributed by atoms with E-state index in [1.807, 2.05) is 20.8 Å². The fourth-order valence-electron chi connectivity index (χ4n) is 2.80. The molecule has 1 amide bonds. The molecule has 0 radical (unpaired) electrons. The van der Waals surface area contributed by atoms with Crippen molar-refractivity contribution in [2.24, 2.45) is 0 Å². The van der Waals surface area contributed by atoms with Crippen molar-refractivity contribution in [3.63, 3.8) is 0 Å². The first-order chi connectivity index (χ1) is 11.8. The molecule has 1 N–H and O–H groups in total. The number of H-pyrrole nitrogens is 1. The molecule has 0 bridgehead atoms. The average Bonchev–Trinajstić information content (AvgIpc) is 3.13.